The van der Waals surface area contributed by atoms with Crippen LogP contribution in [0, 0.1) is 0 Å². The summed E-state index contributed by atoms with van der Waals surface area (Å²) < 4.78 is 0. The van der Waals surface area contributed by atoms with Crippen LogP contribution in [0.1, 0.15) is 20.3 Å². The number of hydrogen-bond donors (Lipinski definition) is 1. The molecule has 1 N–H and O–H groups in total. The first-order chi connectivity index (χ1) is 7.63. The Morgan fingerprint density at radius 1 is 1.25 bits per heavy atom. The van der Waals surface area contributed by atoms with Crippen molar-refractivity contribution in [2.45, 2.75) is 20.3 Å². The smallest absolute Gasteiger partial charge is 0.330 e. The number of nitrogens with zero attached hydrogens (tertiary/aromatic N) is 2. The Hall–Kier alpha value is -0.870. The van der Waals surface area contributed by atoms with Crippen LogP contribution in [-0.4, -0.2) is 60.1 Å². The highest BCUT2D eigenvalue weighted by molar-refractivity contribution is 5.85. The van der Waals surface area contributed by atoms with Gasteiger partial charge in [0.1, 0.15) is 0 Å². The topological polar surface area (TPSA) is 43.8 Å². The Bertz CT molecular complexity index is 256. The van der Waals surface area contributed by atoms with Crippen molar-refractivity contribution in [3.8, 4) is 0 Å². The summed E-state index contributed by atoms with van der Waals surface area (Å²) in [4.78, 5) is 15.4. The fourth-order valence-corrected chi connectivity index (χ4v) is 1.87. The number of aliphatic carboxylic acids is 1. The van der Waals surface area contributed by atoms with Crippen LogP contribution in [0.4, 0.5) is 0 Å². The second-order valence-corrected chi connectivity index (χ2v) is 4.33. The minimum Gasteiger partial charge on any atom is -0.478 e. The molecule has 0 atom stereocenters. The maximum atomic E-state index is 10.6. The Labute approximate surface area is 97.5 Å². The van der Waals surface area contributed by atoms with E-state index >= 15 is 0 Å². The third-order valence-corrected chi connectivity index (χ3v) is 3.00. The van der Waals surface area contributed by atoms with Crippen LogP contribution >= 0.6 is 0 Å². The third kappa shape index (κ3) is 4.33. The molecule has 1 rings (SSSR count). The maximum Gasteiger partial charge on any atom is 0.330 e. The molecule has 4 nitrogen and oxygen atoms in total. The van der Waals surface area contributed by atoms with Crippen LogP contribution in [-0.2, 0) is 4.79 Å². The van der Waals surface area contributed by atoms with Crippen molar-refractivity contribution < 1.29 is 9.90 Å². The van der Waals surface area contributed by atoms with Crippen molar-refractivity contribution >= 4 is 5.97 Å². The van der Waals surface area contributed by atoms with Crippen molar-refractivity contribution in [2.24, 2.45) is 0 Å². The number of hydrogen-bond acceptors (Lipinski definition) is 3. The molecule has 0 aromatic rings. The van der Waals surface area contributed by atoms with Crippen LogP contribution in [0.3, 0.4) is 0 Å². The van der Waals surface area contributed by atoms with E-state index in [9.17, 15) is 4.79 Å². The predicted molar refractivity (Wildman–Crippen MR) is 64.6 cm³/mol. The highest BCUT2D eigenvalue weighted by atomic mass is 16.4. The molecule has 0 aromatic heterocycles. The first-order valence-corrected chi connectivity index (χ1v) is 5.98. The van der Waals surface area contributed by atoms with Gasteiger partial charge in [-0.1, -0.05) is 13.0 Å². The number of carboxylic acid groups (broad SMARTS) is 1. The van der Waals surface area contributed by atoms with Crippen LogP contribution in [0.15, 0.2) is 11.6 Å². The van der Waals surface area contributed by atoms with Gasteiger partial charge in [0.05, 0.1) is 0 Å². The van der Waals surface area contributed by atoms with Crippen molar-refractivity contribution in [3.63, 3.8) is 0 Å². The molecule has 0 aromatic carbocycles. The zero-order chi connectivity index (χ0) is 12.0. The zero-order valence-corrected chi connectivity index (χ0v) is 10.3. The van der Waals surface area contributed by atoms with Gasteiger partial charge in [-0.25, -0.2) is 4.79 Å². The van der Waals surface area contributed by atoms with E-state index in [0.29, 0.717) is 5.57 Å². The SMILES string of the molecule is CCCN1CCN(CC=C(C)C(=O)O)CC1. The molecule has 0 radical (unpaired) electrons. The summed E-state index contributed by atoms with van der Waals surface area (Å²) in [5, 5.41) is 8.73. The van der Waals surface area contributed by atoms with Crippen molar-refractivity contribution in [3.05, 3.63) is 11.6 Å². The lowest BCUT2D eigenvalue weighted by Crippen LogP contribution is -2.46. The monoisotopic (exact) mass is 226 g/mol. The third-order valence-electron chi connectivity index (χ3n) is 3.00. The fraction of sp³-hybridized carbons (Fsp3) is 0.750. The van der Waals surface area contributed by atoms with E-state index in [0.717, 1.165) is 32.7 Å². The second-order valence-electron chi connectivity index (χ2n) is 4.33. The summed E-state index contributed by atoms with van der Waals surface area (Å²) in [6.45, 7) is 10.1. The lowest BCUT2D eigenvalue weighted by molar-refractivity contribution is -0.132. The number of rotatable bonds is 5. The Kier molecular flexibility index (Phi) is 5.49. The van der Waals surface area contributed by atoms with Gasteiger partial charge in [0.2, 0.25) is 0 Å². The minimum absolute atomic E-state index is 0.441. The number of carbonyl (C=O) groups is 1. The summed E-state index contributed by atoms with van der Waals surface area (Å²) in [6.07, 6.45) is 3.01. The molecule has 92 valence electrons. The normalized spacial score (nSPS) is 20.0. The molecule has 16 heavy (non-hydrogen) atoms. The average molecular weight is 226 g/mol. The van der Waals surface area contributed by atoms with E-state index < -0.39 is 5.97 Å². The van der Waals surface area contributed by atoms with Gasteiger partial charge in [0.25, 0.3) is 0 Å². The minimum atomic E-state index is -0.815. The second kappa shape index (κ2) is 6.66. The van der Waals surface area contributed by atoms with Gasteiger partial charge in [-0.3, -0.25) is 4.90 Å². The molecule has 0 spiro atoms. The van der Waals surface area contributed by atoms with Crippen LogP contribution in [0.5, 0.6) is 0 Å². The first kappa shape index (κ1) is 13.2. The maximum absolute atomic E-state index is 10.6. The van der Waals surface area contributed by atoms with E-state index in [1.54, 1.807) is 13.0 Å². The highest BCUT2D eigenvalue weighted by Gasteiger charge is 2.14. The average Bonchev–Trinajstić information content (AvgIpc) is 2.28. The molecule has 0 bridgehead atoms. The van der Waals surface area contributed by atoms with Gasteiger partial charge in [0, 0.05) is 38.3 Å². The van der Waals surface area contributed by atoms with Gasteiger partial charge >= 0.3 is 5.97 Å². The van der Waals surface area contributed by atoms with Crippen LogP contribution < -0.4 is 0 Å². The first-order valence-electron chi connectivity index (χ1n) is 5.98. The molecular formula is C12H22N2O2. The van der Waals surface area contributed by atoms with Gasteiger partial charge in [-0.15, -0.1) is 0 Å². The highest BCUT2D eigenvalue weighted by Crippen LogP contribution is 2.03. The van der Waals surface area contributed by atoms with E-state index in [2.05, 4.69) is 16.7 Å². The summed E-state index contributed by atoms with van der Waals surface area (Å²) in [6, 6.07) is 0. The summed E-state index contributed by atoms with van der Waals surface area (Å²) >= 11 is 0. The largest absolute Gasteiger partial charge is 0.478 e. The Morgan fingerprint density at radius 3 is 2.31 bits per heavy atom. The molecule has 0 amide bonds. The van der Waals surface area contributed by atoms with Gasteiger partial charge < -0.3 is 10.0 Å². The van der Waals surface area contributed by atoms with Gasteiger partial charge in [-0.2, -0.15) is 0 Å². The zero-order valence-electron chi connectivity index (χ0n) is 10.3. The van der Waals surface area contributed by atoms with Crippen molar-refractivity contribution in [2.75, 3.05) is 39.3 Å². The molecule has 1 saturated heterocycles. The number of carboxylic acids is 1. The standard InChI is InChI=1S/C12H22N2O2/c1-3-5-13-7-9-14(10-8-13)6-4-11(2)12(15)16/h4H,3,5-10H2,1-2H3,(H,15,16). The molecule has 1 fully saturated rings. The van der Waals surface area contributed by atoms with E-state index in [1.165, 1.54) is 13.0 Å². The number of piperazine rings is 1. The Balaban J connectivity index is 2.27. The molecule has 0 saturated carbocycles. The molecular weight excluding hydrogens is 204 g/mol. The summed E-state index contributed by atoms with van der Waals surface area (Å²) in [7, 11) is 0. The fourth-order valence-electron chi connectivity index (χ4n) is 1.87. The van der Waals surface area contributed by atoms with Crippen LogP contribution in [0.25, 0.3) is 0 Å². The summed E-state index contributed by atoms with van der Waals surface area (Å²) in [5.74, 6) is -0.815. The van der Waals surface area contributed by atoms with Crippen LogP contribution in [0.2, 0.25) is 0 Å². The lowest BCUT2D eigenvalue weighted by Gasteiger charge is -2.33. The summed E-state index contributed by atoms with van der Waals surface area (Å²) in [5.41, 5.74) is 0.441. The van der Waals surface area contributed by atoms with Gasteiger partial charge in [0.15, 0.2) is 0 Å². The predicted octanol–water partition coefficient (Wildman–Crippen LogP) is 1.04. The van der Waals surface area contributed by atoms with E-state index in [4.69, 9.17) is 5.11 Å². The van der Waals surface area contributed by atoms with Crippen molar-refractivity contribution in [1.82, 2.24) is 9.80 Å². The molecule has 0 aliphatic carbocycles. The Morgan fingerprint density at radius 2 is 1.81 bits per heavy atom. The molecule has 0 unspecified atom stereocenters. The molecule has 1 aliphatic heterocycles. The van der Waals surface area contributed by atoms with E-state index in [-0.39, 0.29) is 0 Å². The molecule has 4 heteroatoms. The molecule has 1 aliphatic rings. The quantitative estimate of drug-likeness (QED) is 0.712. The van der Waals surface area contributed by atoms with Gasteiger partial charge in [-0.05, 0) is 19.9 Å². The molecule has 1 heterocycles. The lowest BCUT2D eigenvalue weighted by atomic mass is 10.2. The van der Waals surface area contributed by atoms with Crippen molar-refractivity contribution in [1.29, 1.82) is 0 Å². The van der Waals surface area contributed by atoms with E-state index in [1.807, 2.05) is 0 Å².